The zero-order valence-corrected chi connectivity index (χ0v) is 12.7. The van der Waals surface area contributed by atoms with Crippen LogP contribution in [0, 0.1) is 0 Å². The predicted molar refractivity (Wildman–Crippen MR) is 85.7 cm³/mol. The SMILES string of the molecule is O=C(c1ccccc1)c1ccc(O)c(CN2CCOCC2)c1O. The summed E-state index contributed by atoms with van der Waals surface area (Å²) in [5.41, 5.74) is 1.09. The molecule has 1 fully saturated rings. The number of ether oxygens (including phenoxy) is 1. The Hall–Kier alpha value is -2.37. The number of hydrogen-bond donors (Lipinski definition) is 2. The largest absolute Gasteiger partial charge is 0.507 e. The Morgan fingerprint density at radius 2 is 1.74 bits per heavy atom. The summed E-state index contributed by atoms with van der Waals surface area (Å²) in [6, 6.07) is 11.7. The van der Waals surface area contributed by atoms with Gasteiger partial charge < -0.3 is 14.9 Å². The number of rotatable bonds is 4. The van der Waals surface area contributed by atoms with Crippen molar-refractivity contribution in [1.82, 2.24) is 4.90 Å². The van der Waals surface area contributed by atoms with Crippen molar-refractivity contribution in [2.75, 3.05) is 26.3 Å². The van der Waals surface area contributed by atoms with Gasteiger partial charge in [-0.1, -0.05) is 30.3 Å². The number of morpholine rings is 1. The van der Waals surface area contributed by atoms with Gasteiger partial charge in [-0.25, -0.2) is 0 Å². The van der Waals surface area contributed by atoms with E-state index in [0.717, 1.165) is 13.1 Å². The van der Waals surface area contributed by atoms with Gasteiger partial charge in [0.25, 0.3) is 0 Å². The molecule has 5 nitrogen and oxygen atoms in total. The highest BCUT2D eigenvalue weighted by Crippen LogP contribution is 2.33. The van der Waals surface area contributed by atoms with Crippen molar-refractivity contribution in [3.05, 3.63) is 59.2 Å². The van der Waals surface area contributed by atoms with Gasteiger partial charge in [-0.3, -0.25) is 9.69 Å². The molecule has 23 heavy (non-hydrogen) atoms. The van der Waals surface area contributed by atoms with Gasteiger partial charge in [-0.15, -0.1) is 0 Å². The van der Waals surface area contributed by atoms with Crippen LogP contribution in [0.2, 0.25) is 0 Å². The average Bonchev–Trinajstić information content (AvgIpc) is 2.60. The van der Waals surface area contributed by atoms with Crippen LogP contribution in [0.1, 0.15) is 21.5 Å². The molecular weight excluding hydrogens is 294 g/mol. The Labute approximate surface area is 134 Å². The van der Waals surface area contributed by atoms with E-state index < -0.39 is 0 Å². The van der Waals surface area contributed by atoms with Crippen LogP contribution in [0.3, 0.4) is 0 Å². The summed E-state index contributed by atoms with van der Waals surface area (Å²) in [7, 11) is 0. The van der Waals surface area contributed by atoms with Crippen molar-refractivity contribution >= 4 is 5.78 Å². The highest BCUT2D eigenvalue weighted by atomic mass is 16.5. The van der Waals surface area contributed by atoms with E-state index in [1.54, 1.807) is 24.3 Å². The third kappa shape index (κ3) is 3.36. The minimum Gasteiger partial charge on any atom is -0.507 e. The predicted octanol–water partition coefficient (Wildman–Crippen LogP) is 2.16. The summed E-state index contributed by atoms with van der Waals surface area (Å²) >= 11 is 0. The first kappa shape index (κ1) is 15.5. The van der Waals surface area contributed by atoms with E-state index in [1.165, 1.54) is 12.1 Å². The maximum Gasteiger partial charge on any atom is 0.196 e. The summed E-state index contributed by atoms with van der Waals surface area (Å²) in [5, 5.41) is 20.6. The zero-order valence-electron chi connectivity index (χ0n) is 12.7. The van der Waals surface area contributed by atoms with E-state index in [2.05, 4.69) is 4.90 Å². The van der Waals surface area contributed by atoms with Crippen LogP contribution < -0.4 is 0 Å². The molecule has 0 bridgehead atoms. The van der Waals surface area contributed by atoms with Crippen LogP contribution in [0.5, 0.6) is 11.5 Å². The van der Waals surface area contributed by atoms with Crippen molar-refractivity contribution in [3.63, 3.8) is 0 Å². The second-order valence-electron chi connectivity index (χ2n) is 5.54. The van der Waals surface area contributed by atoms with Gasteiger partial charge >= 0.3 is 0 Å². The van der Waals surface area contributed by atoms with Crippen molar-refractivity contribution < 1.29 is 19.7 Å². The highest BCUT2D eigenvalue weighted by molar-refractivity contribution is 6.11. The Kier molecular flexibility index (Phi) is 4.60. The second-order valence-corrected chi connectivity index (χ2v) is 5.54. The van der Waals surface area contributed by atoms with Gasteiger partial charge in [-0.05, 0) is 12.1 Å². The first-order chi connectivity index (χ1) is 11.2. The number of phenolic OH excluding ortho intramolecular Hbond substituents is 2. The lowest BCUT2D eigenvalue weighted by Gasteiger charge is -2.27. The molecule has 0 unspecified atom stereocenters. The second kappa shape index (κ2) is 6.81. The topological polar surface area (TPSA) is 70.0 Å². The van der Waals surface area contributed by atoms with Crippen LogP contribution in [0.15, 0.2) is 42.5 Å². The monoisotopic (exact) mass is 313 g/mol. The average molecular weight is 313 g/mol. The summed E-state index contributed by atoms with van der Waals surface area (Å²) in [6.45, 7) is 3.11. The Bertz CT molecular complexity index is 694. The Morgan fingerprint density at radius 1 is 1.04 bits per heavy atom. The number of hydrogen-bond acceptors (Lipinski definition) is 5. The van der Waals surface area contributed by atoms with Gasteiger partial charge in [0.1, 0.15) is 11.5 Å². The molecule has 2 N–H and O–H groups in total. The maximum absolute atomic E-state index is 12.5. The quantitative estimate of drug-likeness (QED) is 0.847. The minimum absolute atomic E-state index is 0.00129. The molecule has 0 amide bonds. The standard InChI is InChI=1S/C18H19NO4/c20-16-7-6-14(17(21)13-4-2-1-3-5-13)18(22)15(16)12-19-8-10-23-11-9-19/h1-7,20,22H,8-12H2. The molecule has 2 aromatic carbocycles. The molecule has 1 saturated heterocycles. The summed E-state index contributed by atoms with van der Waals surface area (Å²) < 4.78 is 5.30. The number of aromatic hydroxyl groups is 2. The number of phenols is 2. The molecule has 1 aliphatic rings. The molecule has 0 aliphatic carbocycles. The molecule has 2 aromatic rings. The van der Waals surface area contributed by atoms with E-state index in [9.17, 15) is 15.0 Å². The maximum atomic E-state index is 12.5. The molecule has 3 rings (SSSR count). The van der Waals surface area contributed by atoms with E-state index in [0.29, 0.717) is 30.9 Å². The number of carbonyl (C=O) groups is 1. The molecule has 5 heteroatoms. The molecule has 0 spiro atoms. The third-order valence-electron chi connectivity index (χ3n) is 4.02. The molecule has 0 radical (unpaired) electrons. The van der Waals surface area contributed by atoms with Crippen LogP contribution in [-0.4, -0.2) is 47.2 Å². The normalized spacial score (nSPS) is 15.5. The highest BCUT2D eigenvalue weighted by Gasteiger charge is 2.21. The molecule has 0 aromatic heterocycles. The number of nitrogens with zero attached hydrogens (tertiary/aromatic N) is 1. The molecule has 1 aliphatic heterocycles. The fourth-order valence-electron chi connectivity index (χ4n) is 2.69. The van der Waals surface area contributed by atoms with Gasteiger partial charge in [0.05, 0.1) is 24.3 Å². The molecular formula is C18H19NO4. The fourth-order valence-corrected chi connectivity index (χ4v) is 2.69. The molecule has 0 atom stereocenters. The summed E-state index contributed by atoms with van der Waals surface area (Å²) in [5.74, 6) is -0.407. The van der Waals surface area contributed by atoms with Crippen LogP contribution in [0.25, 0.3) is 0 Å². The van der Waals surface area contributed by atoms with Gasteiger partial charge in [-0.2, -0.15) is 0 Å². The van der Waals surface area contributed by atoms with Gasteiger partial charge in [0.2, 0.25) is 0 Å². The van der Waals surface area contributed by atoms with Gasteiger partial charge in [0, 0.05) is 25.2 Å². The number of ketones is 1. The zero-order chi connectivity index (χ0) is 16.2. The van der Waals surface area contributed by atoms with E-state index in [4.69, 9.17) is 4.74 Å². The number of carbonyl (C=O) groups excluding carboxylic acids is 1. The minimum atomic E-state index is -0.258. The Morgan fingerprint density at radius 3 is 2.43 bits per heavy atom. The molecule has 1 heterocycles. The van der Waals surface area contributed by atoms with Crippen molar-refractivity contribution in [3.8, 4) is 11.5 Å². The molecule has 120 valence electrons. The fraction of sp³-hybridized carbons (Fsp3) is 0.278. The first-order valence-electron chi connectivity index (χ1n) is 7.60. The summed E-state index contributed by atoms with van der Waals surface area (Å²) in [6.07, 6.45) is 0. The van der Waals surface area contributed by atoms with Crippen molar-refractivity contribution in [1.29, 1.82) is 0 Å². The van der Waals surface area contributed by atoms with E-state index >= 15 is 0 Å². The van der Waals surface area contributed by atoms with Crippen molar-refractivity contribution in [2.24, 2.45) is 0 Å². The lowest BCUT2D eigenvalue weighted by molar-refractivity contribution is 0.0335. The van der Waals surface area contributed by atoms with Gasteiger partial charge in [0.15, 0.2) is 5.78 Å². The number of benzene rings is 2. The van der Waals surface area contributed by atoms with Crippen molar-refractivity contribution in [2.45, 2.75) is 6.54 Å². The third-order valence-corrected chi connectivity index (χ3v) is 4.02. The lowest BCUT2D eigenvalue weighted by Crippen LogP contribution is -2.35. The first-order valence-corrected chi connectivity index (χ1v) is 7.60. The Balaban J connectivity index is 1.90. The van der Waals surface area contributed by atoms with E-state index in [-0.39, 0.29) is 22.8 Å². The van der Waals surface area contributed by atoms with E-state index in [1.807, 2.05) is 6.07 Å². The van der Waals surface area contributed by atoms with Crippen LogP contribution >= 0.6 is 0 Å². The smallest absolute Gasteiger partial charge is 0.196 e. The van der Waals surface area contributed by atoms with Crippen LogP contribution in [0.4, 0.5) is 0 Å². The summed E-state index contributed by atoms with van der Waals surface area (Å²) in [4.78, 5) is 14.6. The van der Waals surface area contributed by atoms with Crippen LogP contribution in [-0.2, 0) is 11.3 Å². The lowest BCUT2D eigenvalue weighted by atomic mass is 9.99. The molecule has 0 saturated carbocycles.